The molecule has 3 aromatic heterocycles. The van der Waals surface area contributed by atoms with Crippen molar-refractivity contribution in [3.63, 3.8) is 0 Å². The van der Waals surface area contributed by atoms with Crippen molar-refractivity contribution in [2.45, 2.75) is 13.1 Å². The number of aryl methyl sites for hydroxylation is 1. The molecule has 0 aliphatic heterocycles. The van der Waals surface area contributed by atoms with Crippen LogP contribution in [0.4, 0.5) is 47.3 Å². The second-order valence-corrected chi connectivity index (χ2v) is 15.9. The van der Waals surface area contributed by atoms with Crippen LogP contribution in [-0.4, -0.2) is 14.5 Å². The summed E-state index contributed by atoms with van der Waals surface area (Å²) in [4.78, 5) is 12.7. The van der Waals surface area contributed by atoms with E-state index in [2.05, 4.69) is 63.4 Å². The predicted octanol–water partition coefficient (Wildman–Crippen LogP) is 16.2. The second kappa shape index (κ2) is 17.9. The van der Waals surface area contributed by atoms with E-state index >= 15 is 13.2 Å². The lowest BCUT2D eigenvalue weighted by atomic mass is 10.0. The maximum absolute atomic E-state index is 15.6. The lowest BCUT2D eigenvalue weighted by Gasteiger charge is -2.27. The fourth-order valence-corrected chi connectivity index (χ4v) is 8.65. The molecule has 0 N–H and O–H groups in total. The molecule has 0 amide bonds. The first-order valence-corrected chi connectivity index (χ1v) is 21.6. The number of anilines is 6. The van der Waals surface area contributed by atoms with Crippen LogP contribution in [-0.2, 0) is 6.18 Å². The first-order chi connectivity index (χ1) is 32.3. The summed E-state index contributed by atoms with van der Waals surface area (Å²) in [6.07, 6.45) is 2.20. The lowest BCUT2D eigenvalue weighted by molar-refractivity contribution is -0.137. The van der Waals surface area contributed by atoms with Gasteiger partial charge in [-0.2, -0.15) is 13.2 Å². The number of nitrogens with zero attached hydrogens (tertiary/aromatic N) is 5. The average Bonchev–Trinajstić information content (AvgIpc) is 3.81. The van der Waals surface area contributed by atoms with Crippen molar-refractivity contribution in [2.24, 2.45) is 0 Å². The molecule has 0 unspecified atom stereocenters. The molecule has 3 heterocycles. The van der Waals surface area contributed by atoms with Crippen molar-refractivity contribution in [2.75, 3.05) is 9.80 Å². The zero-order valence-electron chi connectivity index (χ0n) is 35.9. The minimum atomic E-state index is -4.69. The summed E-state index contributed by atoms with van der Waals surface area (Å²) >= 11 is 0. The largest absolute Gasteiger partial charge is 0.417 e. The first-order valence-electron chi connectivity index (χ1n) is 21.6. The van der Waals surface area contributed by atoms with Crippen LogP contribution < -0.4 is 9.80 Å². The van der Waals surface area contributed by atoms with Crippen LogP contribution in [0.15, 0.2) is 237 Å². The average molecular weight is 866 g/mol. The minimum Gasteiger partial charge on any atom is -0.309 e. The summed E-state index contributed by atoms with van der Waals surface area (Å²) in [5, 5.41) is 0. The molecule has 0 saturated carbocycles. The number of aromatic nitrogens is 3. The Morgan fingerprint density at radius 1 is 0.394 bits per heavy atom. The maximum Gasteiger partial charge on any atom is 0.417 e. The van der Waals surface area contributed by atoms with Crippen molar-refractivity contribution >= 4 is 34.1 Å². The Kier molecular flexibility index (Phi) is 11.3. The third kappa shape index (κ3) is 8.35. The molecule has 66 heavy (non-hydrogen) atoms. The molecule has 0 aliphatic carbocycles. The van der Waals surface area contributed by atoms with Gasteiger partial charge in [0.25, 0.3) is 0 Å². The number of hydrogen-bond acceptors (Lipinski definition) is 4. The SMILES string of the molecule is Cc1cc(N(c2ccc(-c3ccccc3)cc2)c2cccnc2)ccc1-c1ccc(-c2ccc(N(c3ccc(-c4ccccc4)cc3)c3cccnc3)cc2C(F)(F)F)n1-c1ccccc1. The second-order valence-electron chi connectivity index (χ2n) is 15.9. The van der Waals surface area contributed by atoms with Crippen molar-refractivity contribution in [3.05, 3.63) is 248 Å². The summed E-state index contributed by atoms with van der Waals surface area (Å²) in [6, 6.07) is 68.1. The molecule has 5 nitrogen and oxygen atoms in total. The molecule has 10 aromatic rings. The standard InChI is InChI=1S/C58H42F3N5/c1-41-37-49(64(51-19-11-35-62-39-51)47-25-21-44(22-26-47)42-13-5-2-6-14-42)29-31-53(41)56-33-34-57(66(56)46-17-9-4-10-18-46)54-32-30-50(38-55(54)58(59,60)61)65(52-20-12-36-63-40-52)48-27-23-45(24-28-48)43-15-7-3-8-16-43/h2-40H,1H3. The Morgan fingerprint density at radius 2 is 0.818 bits per heavy atom. The van der Waals surface area contributed by atoms with Crippen molar-refractivity contribution in [3.8, 4) is 50.5 Å². The zero-order chi connectivity index (χ0) is 45.0. The van der Waals surface area contributed by atoms with E-state index in [-0.39, 0.29) is 5.56 Å². The highest BCUT2D eigenvalue weighted by Crippen LogP contribution is 2.45. The molecule has 320 valence electrons. The van der Waals surface area contributed by atoms with Crippen LogP contribution in [0.25, 0.3) is 50.5 Å². The van der Waals surface area contributed by atoms with Gasteiger partial charge in [-0.15, -0.1) is 0 Å². The Balaban J connectivity index is 1.06. The van der Waals surface area contributed by atoms with Crippen molar-refractivity contribution in [1.29, 1.82) is 0 Å². The van der Waals surface area contributed by atoms with Gasteiger partial charge >= 0.3 is 6.18 Å². The summed E-state index contributed by atoms with van der Waals surface area (Å²) in [7, 11) is 0. The normalized spacial score (nSPS) is 11.3. The highest BCUT2D eigenvalue weighted by atomic mass is 19.4. The zero-order valence-corrected chi connectivity index (χ0v) is 35.9. The van der Waals surface area contributed by atoms with Gasteiger partial charge in [-0.3, -0.25) is 9.97 Å². The van der Waals surface area contributed by atoms with E-state index in [0.717, 1.165) is 61.8 Å². The number of hydrogen-bond donors (Lipinski definition) is 0. The van der Waals surface area contributed by atoms with E-state index in [1.807, 2.05) is 151 Å². The Morgan fingerprint density at radius 3 is 1.27 bits per heavy atom. The van der Waals surface area contributed by atoms with Crippen LogP contribution in [0.1, 0.15) is 11.1 Å². The molecule has 0 aliphatic rings. The van der Waals surface area contributed by atoms with Gasteiger partial charge < -0.3 is 14.4 Å². The number of rotatable bonds is 11. The molecular weight excluding hydrogens is 824 g/mol. The van der Waals surface area contributed by atoms with Crippen molar-refractivity contribution < 1.29 is 13.2 Å². The molecule has 8 heteroatoms. The minimum absolute atomic E-state index is 0.0582. The number of pyridine rings is 2. The molecule has 0 bridgehead atoms. The Bertz CT molecular complexity index is 3210. The summed E-state index contributed by atoms with van der Waals surface area (Å²) in [5.41, 5.74) is 11.8. The van der Waals surface area contributed by atoms with Gasteiger partial charge in [-0.05, 0) is 132 Å². The molecule has 0 fully saturated rings. The van der Waals surface area contributed by atoms with Crippen LogP contribution in [0.2, 0.25) is 0 Å². The fraction of sp³-hybridized carbons (Fsp3) is 0.0345. The van der Waals surface area contributed by atoms with Gasteiger partial charge in [0.2, 0.25) is 0 Å². The third-order valence-corrected chi connectivity index (χ3v) is 11.8. The monoisotopic (exact) mass is 865 g/mol. The Hall–Kier alpha value is -8.49. The van der Waals surface area contributed by atoms with Gasteiger partial charge in [-0.1, -0.05) is 115 Å². The summed E-state index contributed by atoms with van der Waals surface area (Å²) in [6.45, 7) is 2.04. The molecular formula is C58H42F3N5. The number of para-hydroxylation sites is 1. The molecule has 7 aromatic carbocycles. The van der Waals surface area contributed by atoms with Gasteiger partial charge in [0.05, 0.1) is 40.7 Å². The van der Waals surface area contributed by atoms with Gasteiger partial charge in [0.1, 0.15) is 0 Å². The predicted molar refractivity (Wildman–Crippen MR) is 262 cm³/mol. The Labute approximate surface area is 382 Å². The van der Waals surface area contributed by atoms with E-state index < -0.39 is 11.7 Å². The van der Waals surface area contributed by atoms with E-state index in [9.17, 15) is 0 Å². The topological polar surface area (TPSA) is 37.2 Å². The van der Waals surface area contributed by atoms with Gasteiger partial charge in [0, 0.05) is 52.0 Å². The summed E-state index contributed by atoms with van der Waals surface area (Å²) in [5.74, 6) is 0. The quantitative estimate of drug-likeness (QED) is 0.130. The van der Waals surface area contributed by atoms with E-state index in [0.29, 0.717) is 22.8 Å². The van der Waals surface area contributed by atoms with Gasteiger partial charge in [0.15, 0.2) is 0 Å². The van der Waals surface area contributed by atoms with E-state index in [1.54, 1.807) is 47.8 Å². The van der Waals surface area contributed by atoms with E-state index in [1.165, 1.54) is 6.07 Å². The highest BCUT2D eigenvalue weighted by molar-refractivity contribution is 5.84. The maximum atomic E-state index is 15.6. The van der Waals surface area contributed by atoms with Crippen LogP contribution in [0.5, 0.6) is 0 Å². The number of halogens is 3. The van der Waals surface area contributed by atoms with Crippen molar-refractivity contribution in [1.82, 2.24) is 14.5 Å². The smallest absolute Gasteiger partial charge is 0.309 e. The molecule has 0 radical (unpaired) electrons. The van der Waals surface area contributed by atoms with Gasteiger partial charge in [-0.25, -0.2) is 0 Å². The third-order valence-electron chi connectivity index (χ3n) is 11.8. The van der Waals surface area contributed by atoms with Crippen LogP contribution in [0.3, 0.4) is 0 Å². The first kappa shape index (κ1) is 41.5. The molecule has 10 rings (SSSR count). The number of benzene rings is 7. The summed E-state index contributed by atoms with van der Waals surface area (Å²) < 4.78 is 48.8. The fourth-order valence-electron chi connectivity index (χ4n) is 8.65. The van der Waals surface area contributed by atoms with Crippen LogP contribution in [0, 0.1) is 6.92 Å². The molecule has 0 atom stereocenters. The molecule has 0 spiro atoms. The number of alkyl halides is 3. The van der Waals surface area contributed by atoms with E-state index in [4.69, 9.17) is 0 Å². The van der Waals surface area contributed by atoms with Crippen LogP contribution >= 0.6 is 0 Å². The lowest BCUT2D eigenvalue weighted by Crippen LogP contribution is -2.14. The highest BCUT2D eigenvalue weighted by Gasteiger charge is 2.36. The molecule has 0 saturated heterocycles.